The van der Waals surface area contributed by atoms with E-state index in [4.69, 9.17) is 34.8 Å². The second kappa shape index (κ2) is 12.2. The number of benzene rings is 3. The van der Waals surface area contributed by atoms with Gasteiger partial charge in [0.15, 0.2) is 0 Å². The third-order valence-corrected chi connectivity index (χ3v) is 8.64. The predicted octanol–water partition coefficient (Wildman–Crippen LogP) is 6.20. The molecule has 0 saturated heterocycles. The first-order valence-electron chi connectivity index (χ1n) is 10.3. The van der Waals surface area contributed by atoms with E-state index in [2.05, 4.69) is 5.32 Å². The SMILES string of the molecule is Cc1ccc(S(=O)(=O)N(CC(=O)NCCSCc2ccc(Cl)c(Cl)c2)c2ccc(Cl)cc2)cc1. The zero-order valence-electron chi connectivity index (χ0n) is 18.3. The maximum Gasteiger partial charge on any atom is 0.264 e. The molecule has 0 radical (unpaired) electrons. The van der Waals surface area contributed by atoms with Crippen molar-refractivity contribution < 1.29 is 13.2 Å². The number of aryl methyl sites for hydroxylation is 1. The summed E-state index contributed by atoms with van der Waals surface area (Å²) in [5, 5.41) is 4.28. The fourth-order valence-electron chi connectivity index (χ4n) is 3.03. The lowest BCUT2D eigenvalue weighted by molar-refractivity contribution is -0.119. The van der Waals surface area contributed by atoms with Gasteiger partial charge in [0, 0.05) is 23.1 Å². The summed E-state index contributed by atoms with van der Waals surface area (Å²) in [6, 6.07) is 18.3. The van der Waals surface area contributed by atoms with Crippen molar-refractivity contribution in [1.82, 2.24) is 5.32 Å². The first-order valence-corrected chi connectivity index (χ1v) is 14.0. The smallest absolute Gasteiger partial charge is 0.264 e. The van der Waals surface area contributed by atoms with Gasteiger partial charge in [0.2, 0.25) is 5.91 Å². The zero-order valence-corrected chi connectivity index (χ0v) is 22.2. The molecular weight excluding hydrogens is 535 g/mol. The summed E-state index contributed by atoms with van der Waals surface area (Å²) >= 11 is 19.6. The van der Waals surface area contributed by atoms with Gasteiger partial charge in [-0.3, -0.25) is 9.10 Å². The van der Waals surface area contributed by atoms with Gasteiger partial charge in [-0.05, 0) is 61.0 Å². The minimum absolute atomic E-state index is 0.109. The molecule has 0 bridgehead atoms. The van der Waals surface area contributed by atoms with Gasteiger partial charge in [0.05, 0.1) is 20.6 Å². The second-order valence-electron chi connectivity index (χ2n) is 7.45. The van der Waals surface area contributed by atoms with Gasteiger partial charge in [-0.25, -0.2) is 8.42 Å². The molecule has 0 aliphatic carbocycles. The normalized spacial score (nSPS) is 11.3. The van der Waals surface area contributed by atoms with E-state index < -0.39 is 15.9 Å². The van der Waals surface area contributed by atoms with Crippen LogP contribution in [0.25, 0.3) is 0 Å². The molecule has 0 spiro atoms. The van der Waals surface area contributed by atoms with Crippen LogP contribution in [0.2, 0.25) is 15.1 Å². The number of nitrogens with zero attached hydrogens (tertiary/aromatic N) is 1. The Hall–Kier alpha value is -1.90. The molecule has 0 aliphatic rings. The zero-order chi connectivity index (χ0) is 24.7. The largest absolute Gasteiger partial charge is 0.354 e. The van der Waals surface area contributed by atoms with E-state index in [0.29, 0.717) is 38.8 Å². The lowest BCUT2D eigenvalue weighted by atomic mass is 10.2. The molecule has 0 aliphatic heterocycles. The number of nitrogens with one attached hydrogen (secondary N) is 1. The molecule has 0 saturated carbocycles. The van der Waals surface area contributed by atoms with Gasteiger partial charge < -0.3 is 5.32 Å². The third kappa shape index (κ3) is 7.30. The monoisotopic (exact) mass is 556 g/mol. The van der Waals surface area contributed by atoms with Crippen LogP contribution in [0.4, 0.5) is 5.69 Å². The fraction of sp³-hybridized carbons (Fsp3) is 0.208. The second-order valence-corrected chi connectivity index (χ2v) is 11.7. The molecule has 3 rings (SSSR count). The molecule has 0 aromatic heterocycles. The maximum atomic E-state index is 13.3. The first kappa shape index (κ1) is 26.7. The summed E-state index contributed by atoms with van der Waals surface area (Å²) in [4.78, 5) is 12.8. The third-order valence-electron chi connectivity index (χ3n) is 4.83. The maximum absolute atomic E-state index is 13.3. The summed E-state index contributed by atoms with van der Waals surface area (Å²) in [6.45, 7) is 1.92. The Morgan fingerprint density at radius 2 is 1.62 bits per heavy atom. The minimum atomic E-state index is -3.96. The highest BCUT2D eigenvalue weighted by atomic mass is 35.5. The van der Waals surface area contributed by atoms with Crippen LogP contribution in [-0.2, 0) is 20.6 Å². The highest BCUT2D eigenvalue weighted by Crippen LogP contribution is 2.26. The van der Waals surface area contributed by atoms with Crippen LogP contribution in [0.1, 0.15) is 11.1 Å². The fourth-order valence-corrected chi connectivity index (χ4v) is 5.70. The van der Waals surface area contributed by atoms with Crippen LogP contribution in [0.15, 0.2) is 71.6 Å². The van der Waals surface area contributed by atoms with E-state index in [9.17, 15) is 13.2 Å². The van der Waals surface area contributed by atoms with Crippen molar-refractivity contribution in [3.05, 3.63) is 92.9 Å². The number of sulfonamides is 1. The molecule has 180 valence electrons. The van der Waals surface area contributed by atoms with Gasteiger partial charge in [-0.1, -0.05) is 58.6 Å². The van der Waals surface area contributed by atoms with E-state index in [1.807, 2.05) is 19.1 Å². The van der Waals surface area contributed by atoms with E-state index in [1.165, 1.54) is 12.1 Å². The quantitative estimate of drug-likeness (QED) is 0.301. The number of carbonyl (C=O) groups is 1. The van der Waals surface area contributed by atoms with Crippen LogP contribution in [0.3, 0.4) is 0 Å². The molecule has 0 fully saturated rings. The van der Waals surface area contributed by atoms with E-state index in [-0.39, 0.29) is 11.4 Å². The first-order chi connectivity index (χ1) is 16.2. The van der Waals surface area contributed by atoms with Crippen LogP contribution in [0.5, 0.6) is 0 Å². The number of hydrogen-bond acceptors (Lipinski definition) is 4. The lowest BCUT2D eigenvalue weighted by Crippen LogP contribution is -2.41. The minimum Gasteiger partial charge on any atom is -0.354 e. The predicted molar refractivity (Wildman–Crippen MR) is 143 cm³/mol. The van der Waals surface area contributed by atoms with Crippen LogP contribution in [0, 0.1) is 6.92 Å². The molecule has 5 nitrogen and oxygen atoms in total. The van der Waals surface area contributed by atoms with Crippen molar-refractivity contribution in [1.29, 1.82) is 0 Å². The number of thioether (sulfide) groups is 1. The van der Waals surface area contributed by atoms with Gasteiger partial charge >= 0.3 is 0 Å². The summed E-state index contributed by atoms with van der Waals surface area (Å²) < 4.78 is 27.8. The molecule has 10 heteroatoms. The highest BCUT2D eigenvalue weighted by molar-refractivity contribution is 7.98. The Morgan fingerprint density at radius 1 is 0.941 bits per heavy atom. The van der Waals surface area contributed by atoms with E-state index >= 15 is 0 Å². The van der Waals surface area contributed by atoms with Crippen molar-refractivity contribution in [2.24, 2.45) is 0 Å². The van der Waals surface area contributed by atoms with Crippen LogP contribution in [-0.4, -0.2) is 33.2 Å². The Balaban J connectivity index is 1.62. The number of hydrogen-bond donors (Lipinski definition) is 1. The van der Waals surface area contributed by atoms with Crippen molar-refractivity contribution in [3.63, 3.8) is 0 Å². The molecule has 1 N–H and O–H groups in total. The average molecular weight is 558 g/mol. The Kier molecular flexibility index (Phi) is 9.56. The standard InChI is InChI=1S/C24H23Cl3N2O3S2/c1-17-2-9-21(10-3-17)34(31,32)29(20-7-5-19(25)6-8-20)15-24(30)28-12-13-33-16-18-4-11-22(26)23(27)14-18/h2-11,14H,12-13,15-16H2,1H3,(H,28,30). The number of rotatable bonds is 10. The highest BCUT2D eigenvalue weighted by Gasteiger charge is 2.27. The molecule has 34 heavy (non-hydrogen) atoms. The number of anilines is 1. The van der Waals surface area contributed by atoms with E-state index in [1.54, 1.807) is 54.2 Å². The van der Waals surface area contributed by atoms with Crippen molar-refractivity contribution >= 4 is 68.2 Å². The number of carbonyl (C=O) groups excluding carboxylic acids is 1. The lowest BCUT2D eigenvalue weighted by Gasteiger charge is -2.24. The van der Waals surface area contributed by atoms with Crippen molar-refractivity contribution in [2.75, 3.05) is 23.1 Å². The molecule has 3 aromatic carbocycles. The van der Waals surface area contributed by atoms with Gasteiger partial charge in [0.25, 0.3) is 10.0 Å². The van der Waals surface area contributed by atoms with Crippen LogP contribution < -0.4 is 9.62 Å². The van der Waals surface area contributed by atoms with Gasteiger partial charge in [0.1, 0.15) is 6.54 Å². The Bertz CT molecular complexity index is 1240. The summed E-state index contributed by atoms with van der Waals surface area (Å²) in [5.41, 5.74) is 2.33. The molecule has 3 aromatic rings. The topological polar surface area (TPSA) is 66.5 Å². The number of amides is 1. The summed E-state index contributed by atoms with van der Waals surface area (Å²) in [6.07, 6.45) is 0. The Labute approximate surface area is 219 Å². The van der Waals surface area contributed by atoms with Crippen molar-refractivity contribution in [3.8, 4) is 0 Å². The van der Waals surface area contributed by atoms with Crippen molar-refractivity contribution in [2.45, 2.75) is 17.6 Å². The Morgan fingerprint density at radius 3 is 2.26 bits per heavy atom. The summed E-state index contributed by atoms with van der Waals surface area (Å²) in [7, 11) is -3.96. The molecule has 1 amide bonds. The van der Waals surface area contributed by atoms with Gasteiger partial charge in [-0.2, -0.15) is 11.8 Å². The van der Waals surface area contributed by atoms with E-state index in [0.717, 1.165) is 15.4 Å². The average Bonchev–Trinajstić information content (AvgIpc) is 2.80. The molecule has 0 atom stereocenters. The molecule has 0 unspecified atom stereocenters. The molecule has 0 heterocycles. The van der Waals surface area contributed by atoms with Crippen LogP contribution >= 0.6 is 46.6 Å². The number of halogens is 3. The van der Waals surface area contributed by atoms with Gasteiger partial charge in [-0.15, -0.1) is 0 Å². The molecular formula is C24H23Cl3N2O3S2. The summed E-state index contributed by atoms with van der Waals surface area (Å²) in [5.74, 6) is 0.962.